The van der Waals surface area contributed by atoms with E-state index < -0.39 is 0 Å². The van der Waals surface area contributed by atoms with E-state index in [0.29, 0.717) is 11.6 Å². The zero-order valence-electron chi connectivity index (χ0n) is 7.52. The third kappa shape index (κ3) is 1.39. The number of aromatic nitrogens is 1. The average molecular weight is 186 g/mol. The van der Waals surface area contributed by atoms with E-state index in [1.165, 1.54) is 0 Å². The first kappa shape index (κ1) is 9.33. The molecule has 0 saturated heterocycles. The van der Waals surface area contributed by atoms with E-state index in [-0.39, 0.29) is 5.56 Å². The molecule has 0 N–H and O–H groups in total. The van der Waals surface area contributed by atoms with Crippen LogP contribution in [0, 0.1) is 13.8 Å². The van der Waals surface area contributed by atoms with Gasteiger partial charge in [0.15, 0.2) is 0 Å². The van der Waals surface area contributed by atoms with Gasteiger partial charge < -0.3 is 4.57 Å². The van der Waals surface area contributed by atoms with Crippen LogP contribution in [0.25, 0.3) is 0 Å². The predicted molar refractivity (Wildman–Crippen MR) is 50.9 cm³/mol. The zero-order chi connectivity index (χ0) is 9.30. The summed E-state index contributed by atoms with van der Waals surface area (Å²) in [5.41, 5.74) is 1.73. The first-order chi connectivity index (χ1) is 5.57. The summed E-state index contributed by atoms with van der Waals surface area (Å²) in [4.78, 5) is 11.5. The molecule has 0 unspecified atom stereocenters. The van der Waals surface area contributed by atoms with Gasteiger partial charge in [-0.05, 0) is 32.4 Å². The molecule has 0 aliphatic rings. The first-order valence-corrected chi connectivity index (χ1v) is 4.32. The minimum atomic E-state index is -0.0864. The maximum Gasteiger partial charge on any atom is 0.269 e. The molecule has 0 aliphatic carbocycles. The molecule has 1 aromatic heterocycles. The summed E-state index contributed by atoms with van der Waals surface area (Å²) in [6.07, 6.45) is 0. The largest absolute Gasteiger partial charge is 0.312 e. The standard InChI is InChI=1S/C9H12ClNO/c1-4-11-7(3)5-6(2)8(10)9(11)12/h5H,4H2,1-3H3. The van der Waals surface area contributed by atoms with E-state index in [1.54, 1.807) is 4.57 Å². The van der Waals surface area contributed by atoms with Crippen LogP contribution < -0.4 is 5.56 Å². The van der Waals surface area contributed by atoms with Gasteiger partial charge in [-0.2, -0.15) is 0 Å². The van der Waals surface area contributed by atoms with Crippen molar-refractivity contribution in [2.24, 2.45) is 0 Å². The molecule has 0 bridgehead atoms. The van der Waals surface area contributed by atoms with E-state index in [9.17, 15) is 4.79 Å². The summed E-state index contributed by atoms with van der Waals surface area (Å²) in [5, 5.41) is 0.336. The molecule has 2 nitrogen and oxygen atoms in total. The molecule has 0 spiro atoms. The summed E-state index contributed by atoms with van der Waals surface area (Å²) in [5.74, 6) is 0. The Morgan fingerprint density at radius 2 is 2.08 bits per heavy atom. The first-order valence-electron chi connectivity index (χ1n) is 3.94. The summed E-state index contributed by atoms with van der Waals surface area (Å²) >= 11 is 5.80. The number of hydrogen-bond acceptors (Lipinski definition) is 1. The predicted octanol–water partition coefficient (Wildman–Crippen LogP) is 2.14. The Hall–Kier alpha value is -0.760. The van der Waals surface area contributed by atoms with Gasteiger partial charge in [-0.15, -0.1) is 0 Å². The normalized spacial score (nSPS) is 10.3. The van der Waals surface area contributed by atoms with Gasteiger partial charge in [-0.1, -0.05) is 11.6 Å². The van der Waals surface area contributed by atoms with Crippen molar-refractivity contribution in [3.63, 3.8) is 0 Å². The Morgan fingerprint density at radius 3 is 2.58 bits per heavy atom. The molecular formula is C9H12ClNO. The number of nitrogens with zero attached hydrogens (tertiary/aromatic N) is 1. The third-order valence-corrected chi connectivity index (χ3v) is 2.41. The van der Waals surface area contributed by atoms with Gasteiger partial charge in [0.1, 0.15) is 5.02 Å². The van der Waals surface area contributed by atoms with Gasteiger partial charge >= 0.3 is 0 Å². The topological polar surface area (TPSA) is 22.0 Å². The smallest absolute Gasteiger partial charge is 0.269 e. The SMILES string of the molecule is CCn1c(C)cc(C)c(Cl)c1=O. The van der Waals surface area contributed by atoms with E-state index in [1.807, 2.05) is 26.8 Å². The Balaban J connectivity index is 3.52. The zero-order valence-corrected chi connectivity index (χ0v) is 8.27. The highest BCUT2D eigenvalue weighted by Crippen LogP contribution is 2.10. The van der Waals surface area contributed by atoms with E-state index in [4.69, 9.17) is 11.6 Å². The van der Waals surface area contributed by atoms with Crippen LogP contribution >= 0.6 is 11.6 Å². The minimum absolute atomic E-state index is 0.0864. The lowest BCUT2D eigenvalue weighted by molar-refractivity contribution is 0.699. The van der Waals surface area contributed by atoms with Gasteiger partial charge in [-0.25, -0.2) is 0 Å². The van der Waals surface area contributed by atoms with Crippen LogP contribution in [0.1, 0.15) is 18.2 Å². The fourth-order valence-electron chi connectivity index (χ4n) is 1.29. The van der Waals surface area contributed by atoms with Crippen LogP contribution in [-0.4, -0.2) is 4.57 Å². The summed E-state index contributed by atoms with van der Waals surface area (Å²) in [6, 6.07) is 1.92. The van der Waals surface area contributed by atoms with Crippen LogP contribution in [0.15, 0.2) is 10.9 Å². The van der Waals surface area contributed by atoms with E-state index in [0.717, 1.165) is 11.3 Å². The van der Waals surface area contributed by atoms with Gasteiger partial charge in [0, 0.05) is 12.2 Å². The van der Waals surface area contributed by atoms with Crippen LogP contribution in [0.4, 0.5) is 0 Å². The summed E-state index contributed by atoms with van der Waals surface area (Å²) in [6.45, 7) is 6.36. The van der Waals surface area contributed by atoms with Gasteiger partial charge in [0.2, 0.25) is 0 Å². The van der Waals surface area contributed by atoms with Crippen LogP contribution in [0.3, 0.4) is 0 Å². The van der Waals surface area contributed by atoms with E-state index in [2.05, 4.69) is 0 Å². The lowest BCUT2D eigenvalue weighted by Gasteiger charge is -2.08. The fraction of sp³-hybridized carbons (Fsp3) is 0.444. The van der Waals surface area contributed by atoms with Crippen molar-refractivity contribution in [3.8, 4) is 0 Å². The van der Waals surface area contributed by atoms with Crippen LogP contribution in [-0.2, 0) is 6.54 Å². The fourth-order valence-corrected chi connectivity index (χ4v) is 1.45. The Labute approximate surface area is 76.8 Å². The Morgan fingerprint density at radius 1 is 1.50 bits per heavy atom. The number of halogens is 1. The second-order valence-corrected chi connectivity index (χ2v) is 3.21. The van der Waals surface area contributed by atoms with Gasteiger partial charge in [0.05, 0.1) is 0 Å². The molecule has 0 atom stereocenters. The monoisotopic (exact) mass is 185 g/mol. The highest BCUT2D eigenvalue weighted by atomic mass is 35.5. The second-order valence-electron chi connectivity index (χ2n) is 2.83. The van der Waals surface area contributed by atoms with Crippen molar-refractivity contribution in [3.05, 3.63) is 32.7 Å². The highest BCUT2D eigenvalue weighted by Gasteiger charge is 2.05. The minimum Gasteiger partial charge on any atom is -0.312 e. The molecule has 0 radical (unpaired) electrons. The molecule has 0 saturated carbocycles. The maximum absolute atomic E-state index is 11.5. The van der Waals surface area contributed by atoms with Gasteiger partial charge in [0.25, 0.3) is 5.56 Å². The van der Waals surface area contributed by atoms with Crippen molar-refractivity contribution in [2.75, 3.05) is 0 Å². The van der Waals surface area contributed by atoms with Crippen molar-refractivity contribution < 1.29 is 0 Å². The lowest BCUT2D eigenvalue weighted by Crippen LogP contribution is -2.22. The Bertz CT molecular complexity index is 354. The molecule has 1 aromatic rings. The number of pyridine rings is 1. The maximum atomic E-state index is 11.5. The molecule has 0 aromatic carbocycles. The van der Waals surface area contributed by atoms with Crippen molar-refractivity contribution >= 4 is 11.6 Å². The summed E-state index contributed by atoms with van der Waals surface area (Å²) in [7, 11) is 0. The van der Waals surface area contributed by atoms with Crippen LogP contribution in [0.2, 0.25) is 5.02 Å². The quantitative estimate of drug-likeness (QED) is 0.657. The third-order valence-electron chi connectivity index (χ3n) is 1.95. The van der Waals surface area contributed by atoms with Gasteiger partial charge in [-0.3, -0.25) is 4.79 Å². The molecule has 0 aliphatic heterocycles. The molecule has 3 heteroatoms. The summed E-state index contributed by atoms with van der Waals surface area (Å²) < 4.78 is 1.66. The molecule has 1 rings (SSSR count). The Kier molecular flexibility index (Phi) is 2.58. The lowest BCUT2D eigenvalue weighted by atomic mass is 10.2. The van der Waals surface area contributed by atoms with Crippen molar-refractivity contribution in [2.45, 2.75) is 27.3 Å². The molecule has 1 heterocycles. The average Bonchev–Trinajstić information content (AvgIpc) is 2.01. The molecule has 0 fully saturated rings. The van der Waals surface area contributed by atoms with Crippen LogP contribution in [0.5, 0.6) is 0 Å². The molecule has 12 heavy (non-hydrogen) atoms. The molecule has 0 amide bonds. The molecule has 66 valence electrons. The van der Waals surface area contributed by atoms with E-state index >= 15 is 0 Å². The molecular weight excluding hydrogens is 174 g/mol. The number of rotatable bonds is 1. The number of hydrogen-bond donors (Lipinski definition) is 0. The highest BCUT2D eigenvalue weighted by molar-refractivity contribution is 6.31. The van der Waals surface area contributed by atoms with Crippen molar-refractivity contribution in [1.29, 1.82) is 0 Å². The van der Waals surface area contributed by atoms with Crippen molar-refractivity contribution in [1.82, 2.24) is 4.57 Å². The second kappa shape index (κ2) is 3.31. The number of aryl methyl sites for hydroxylation is 2.